The van der Waals surface area contributed by atoms with E-state index in [1.807, 2.05) is 0 Å². The second-order valence-corrected chi connectivity index (χ2v) is 6.89. The lowest BCUT2D eigenvalue weighted by Crippen LogP contribution is -2.11. The average Bonchev–Trinajstić information content (AvgIpc) is 2.87. The summed E-state index contributed by atoms with van der Waals surface area (Å²) < 4.78 is 26.8. The summed E-state index contributed by atoms with van der Waals surface area (Å²) in [5, 5.41) is 2.74. The molecule has 176 valence electrons. The standard InChI is InChI=1S/C26H25NO7/c1-30-19-15-22(32-3)20(23(16-19)33-4)11-13-25(28)27-18-10-12-21(31-2)24(14-18)34-26(29)17-8-6-5-7-9-17/h5-16H,1-4H3,(H,27,28)/b13-11+. The Hall–Kier alpha value is -4.46. The fourth-order valence-corrected chi connectivity index (χ4v) is 3.11. The Kier molecular flexibility index (Phi) is 8.12. The van der Waals surface area contributed by atoms with Gasteiger partial charge in [0.1, 0.15) is 17.2 Å². The van der Waals surface area contributed by atoms with E-state index >= 15 is 0 Å². The number of methoxy groups -OCH3 is 4. The van der Waals surface area contributed by atoms with Crippen molar-refractivity contribution in [1.29, 1.82) is 0 Å². The summed E-state index contributed by atoms with van der Waals surface area (Å²) in [6.07, 6.45) is 2.92. The molecule has 0 heterocycles. The predicted molar refractivity (Wildman–Crippen MR) is 128 cm³/mol. The molecular formula is C26H25NO7. The van der Waals surface area contributed by atoms with Crippen LogP contribution in [0.25, 0.3) is 6.08 Å². The smallest absolute Gasteiger partial charge is 0.343 e. The Bertz CT molecular complexity index is 1160. The van der Waals surface area contributed by atoms with Crippen molar-refractivity contribution in [2.45, 2.75) is 0 Å². The molecule has 0 aliphatic rings. The second-order valence-electron chi connectivity index (χ2n) is 6.89. The van der Waals surface area contributed by atoms with E-state index in [2.05, 4.69) is 5.32 Å². The molecule has 0 radical (unpaired) electrons. The predicted octanol–water partition coefficient (Wildman–Crippen LogP) is 4.59. The van der Waals surface area contributed by atoms with Gasteiger partial charge in [0, 0.05) is 30.0 Å². The number of benzene rings is 3. The zero-order valence-electron chi connectivity index (χ0n) is 19.3. The first-order valence-corrected chi connectivity index (χ1v) is 10.2. The van der Waals surface area contributed by atoms with Gasteiger partial charge in [0.15, 0.2) is 11.5 Å². The molecule has 3 aromatic carbocycles. The highest BCUT2D eigenvalue weighted by Gasteiger charge is 2.14. The maximum Gasteiger partial charge on any atom is 0.343 e. The third kappa shape index (κ3) is 5.86. The average molecular weight is 463 g/mol. The van der Waals surface area contributed by atoms with Gasteiger partial charge in [-0.3, -0.25) is 4.79 Å². The fraction of sp³-hybridized carbons (Fsp3) is 0.154. The minimum atomic E-state index is -0.541. The molecule has 0 fully saturated rings. The third-order valence-electron chi connectivity index (χ3n) is 4.80. The lowest BCUT2D eigenvalue weighted by molar-refractivity contribution is -0.111. The number of carbonyl (C=O) groups excluding carboxylic acids is 2. The number of nitrogens with one attached hydrogen (secondary N) is 1. The largest absolute Gasteiger partial charge is 0.496 e. The molecule has 3 rings (SSSR count). The van der Waals surface area contributed by atoms with E-state index in [9.17, 15) is 9.59 Å². The SMILES string of the molecule is COc1cc(OC)c(/C=C/C(=O)Nc2ccc(OC)c(OC(=O)c3ccccc3)c2)c(OC)c1. The van der Waals surface area contributed by atoms with Gasteiger partial charge >= 0.3 is 5.97 Å². The molecular weight excluding hydrogens is 438 g/mol. The summed E-state index contributed by atoms with van der Waals surface area (Å²) >= 11 is 0. The van der Waals surface area contributed by atoms with E-state index in [1.54, 1.807) is 60.7 Å². The molecule has 0 aliphatic carbocycles. The fourth-order valence-electron chi connectivity index (χ4n) is 3.11. The highest BCUT2D eigenvalue weighted by atomic mass is 16.6. The zero-order chi connectivity index (χ0) is 24.5. The molecule has 3 aromatic rings. The van der Waals surface area contributed by atoms with E-state index in [0.717, 1.165) is 0 Å². The summed E-state index contributed by atoms with van der Waals surface area (Å²) in [6, 6.07) is 16.7. The first kappa shape index (κ1) is 24.2. The van der Waals surface area contributed by atoms with Crippen LogP contribution in [0, 0.1) is 0 Å². The van der Waals surface area contributed by atoms with Gasteiger partial charge in [-0.2, -0.15) is 0 Å². The topological polar surface area (TPSA) is 92.3 Å². The minimum absolute atomic E-state index is 0.177. The van der Waals surface area contributed by atoms with Crippen molar-refractivity contribution in [3.05, 3.63) is 77.9 Å². The van der Waals surface area contributed by atoms with Crippen LogP contribution in [0.5, 0.6) is 28.7 Å². The Labute approximate surface area is 197 Å². The van der Waals surface area contributed by atoms with Gasteiger partial charge in [0.2, 0.25) is 5.91 Å². The monoisotopic (exact) mass is 463 g/mol. The quantitative estimate of drug-likeness (QED) is 0.282. The number of rotatable bonds is 9. The summed E-state index contributed by atoms with van der Waals surface area (Å²) in [6.45, 7) is 0. The molecule has 8 heteroatoms. The third-order valence-corrected chi connectivity index (χ3v) is 4.80. The number of anilines is 1. The lowest BCUT2D eigenvalue weighted by atomic mass is 10.1. The highest BCUT2D eigenvalue weighted by Crippen LogP contribution is 2.35. The van der Waals surface area contributed by atoms with Gasteiger partial charge in [-0.25, -0.2) is 4.79 Å². The van der Waals surface area contributed by atoms with Gasteiger partial charge < -0.3 is 29.0 Å². The minimum Gasteiger partial charge on any atom is -0.496 e. The molecule has 0 bridgehead atoms. The molecule has 0 unspecified atom stereocenters. The van der Waals surface area contributed by atoms with Crippen LogP contribution in [0.1, 0.15) is 15.9 Å². The van der Waals surface area contributed by atoms with E-state index in [1.165, 1.54) is 40.6 Å². The summed E-state index contributed by atoms with van der Waals surface area (Å²) in [7, 11) is 6.03. The Morgan fingerprint density at radius 1 is 0.735 bits per heavy atom. The lowest BCUT2D eigenvalue weighted by Gasteiger charge is -2.13. The molecule has 0 saturated carbocycles. The van der Waals surface area contributed by atoms with Crippen molar-refractivity contribution >= 4 is 23.6 Å². The van der Waals surface area contributed by atoms with Crippen molar-refractivity contribution in [3.63, 3.8) is 0 Å². The van der Waals surface area contributed by atoms with E-state index in [0.29, 0.717) is 39.8 Å². The van der Waals surface area contributed by atoms with Crippen LogP contribution in [-0.4, -0.2) is 40.3 Å². The van der Waals surface area contributed by atoms with Crippen molar-refractivity contribution < 1.29 is 33.3 Å². The molecule has 1 N–H and O–H groups in total. The van der Waals surface area contributed by atoms with Crippen LogP contribution in [0.4, 0.5) is 5.69 Å². The zero-order valence-corrected chi connectivity index (χ0v) is 19.3. The molecule has 0 saturated heterocycles. The van der Waals surface area contributed by atoms with Crippen molar-refractivity contribution in [2.24, 2.45) is 0 Å². The van der Waals surface area contributed by atoms with Crippen LogP contribution in [-0.2, 0) is 4.79 Å². The molecule has 0 atom stereocenters. The molecule has 8 nitrogen and oxygen atoms in total. The number of ether oxygens (including phenoxy) is 5. The van der Waals surface area contributed by atoms with Crippen LogP contribution in [0.2, 0.25) is 0 Å². The Morgan fingerprint density at radius 2 is 1.38 bits per heavy atom. The highest BCUT2D eigenvalue weighted by molar-refractivity contribution is 6.02. The first-order chi connectivity index (χ1) is 16.5. The number of hydrogen-bond donors (Lipinski definition) is 1. The van der Waals surface area contributed by atoms with E-state index in [-0.39, 0.29) is 5.75 Å². The first-order valence-electron chi connectivity index (χ1n) is 10.2. The van der Waals surface area contributed by atoms with Crippen molar-refractivity contribution in [1.82, 2.24) is 0 Å². The maximum absolute atomic E-state index is 12.6. The normalized spacial score (nSPS) is 10.5. The number of esters is 1. The number of hydrogen-bond acceptors (Lipinski definition) is 7. The van der Waals surface area contributed by atoms with E-state index in [4.69, 9.17) is 23.7 Å². The van der Waals surface area contributed by atoms with Gasteiger partial charge in [0.05, 0.1) is 39.6 Å². The molecule has 34 heavy (non-hydrogen) atoms. The molecule has 0 aliphatic heterocycles. The molecule has 1 amide bonds. The summed E-state index contributed by atoms with van der Waals surface area (Å²) in [4.78, 5) is 25.0. The van der Waals surface area contributed by atoms with Crippen molar-refractivity contribution in [3.8, 4) is 28.7 Å². The van der Waals surface area contributed by atoms with E-state index < -0.39 is 11.9 Å². The van der Waals surface area contributed by atoms with Crippen LogP contribution in [0.3, 0.4) is 0 Å². The van der Waals surface area contributed by atoms with Crippen LogP contribution < -0.4 is 29.0 Å². The Morgan fingerprint density at radius 3 is 1.97 bits per heavy atom. The van der Waals surface area contributed by atoms with Gasteiger partial charge in [-0.05, 0) is 30.3 Å². The molecule has 0 spiro atoms. The Balaban J connectivity index is 1.78. The van der Waals surface area contributed by atoms with Gasteiger partial charge in [-0.1, -0.05) is 18.2 Å². The number of amides is 1. The van der Waals surface area contributed by atoms with Crippen LogP contribution in [0.15, 0.2) is 66.7 Å². The molecule has 0 aromatic heterocycles. The van der Waals surface area contributed by atoms with Crippen LogP contribution >= 0.6 is 0 Å². The van der Waals surface area contributed by atoms with Gasteiger partial charge in [0.25, 0.3) is 0 Å². The summed E-state index contributed by atoms with van der Waals surface area (Å²) in [5.41, 5.74) is 1.39. The van der Waals surface area contributed by atoms with Gasteiger partial charge in [-0.15, -0.1) is 0 Å². The maximum atomic E-state index is 12.6. The summed E-state index contributed by atoms with van der Waals surface area (Å²) in [5.74, 6) is 1.11. The number of carbonyl (C=O) groups is 2. The second kappa shape index (κ2) is 11.4. The van der Waals surface area contributed by atoms with Crippen molar-refractivity contribution in [2.75, 3.05) is 33.8 Å².